The summed E-state index contributed by atoms with van der Waals surface area (Å²) >= 11 is 0. The first-order valence-electron chi connectivity index (χ1n) is 4.01. The highest BCUT2D eigenvalue weighted by atomic mass is 17.2. The highest BCUT2D eigenvalue weighted by Crippen LogP contribution is 2.29. The largest absolute Gasteiger partial charge is 0.479 e. The minimum atomic E-state index is -1.52. The first kappa shape index (κ1) is 8.98. The number of rotatable bonds is 2. The van der Waals surface area contributed by atoms with Crippen molar-refractivity contribution in [2.45, 2.75) is 12.7 Å². The Morgan fingerprint density at radius 3 is 3.00 bits per heavy atom. The summed E-state index contributed by atoms with van der Waals surface area (Å²) < 4.78 is 0. The molecular formula is C9H8O5. The van der Waals surface area contributed by atoms with E-state index in [4.69, 9.17) is 9.99 Å². The molecule has 5 heteroatoms. The Bertz CT molecular complexity index is 373. The van der Waals surface area contributed by atoms with Crippen molar-refractivity contribution in [2.75, 3.05) is 0 Å². The summed E-state index contributed by atoms with van der Waals surface area (Å²) in [6.45, 7) is 0.346. The third-order valence-electron chi connectivity index (χ3n) is 2.00. The fraction of sp³-hybridized carbons (Fsp3) is 0.222. The van der Waals surface area contributed by atoms with E-state index in [1.54, 1.807) is 6.07 Å². The van der Waals surface area contributed by atoms with Crippen LogP contribution in [0.25, 0.3) is 0 Å². The number of aliphatic carboxylic acids is 1. The van der Waals surface area contributed by atoms with Gasteiger partial charge in [-0.25, -0.2) is 4.79 Å². The van der Waals surface area contributed by atoms with Crippen LogP contribution in [0, 0.1) is 0 Å². The standard InChI is InChI=1S/C9H8O5/c10-8(9(11)12)5-1-2-6-4-13-14-7(6)3-5/h1-3,8,10H,4H2,(H,11,12). The molecule has 1 aliphatic rings. The highest BCUT2D eigenvalue weighted by Gasteiger charge is 2.20. The molecule has 2 N–H and O–H groups in total. The summed E-state index contributed by atoms with van der Waals surface area (Å²) in [5, 5.41) is 17.8. The second kappa shape index (κ2) is 3.28. The zero-order valence-corrected chi connectivity index (χ0v) is 7.14. The molecule has 1 aromatic carbocycles. The number of aliphatic hydroxyl groups excluding tert-OH is 1. The Balaban J connectivity index is 2.33. The van der Waals surface area contributed by atoms with Crippen molar-refractivity contribution >= 4 is 5.97 Å². The molecule has 0 radical (unpaired) electrons. The van der Waals surface area contributed by atoms with Gasteiger partial charge in [-0.1, -0.05) is 12.1 Å². The molecule has 0 fully saturated rings. The quantitative estimate of drug-likeness (QED) is 0.678. The van der Waals surface area contributed by atoms with Gasteiger partial charge in [0.15, 0.2) is 11.9 Å². The number of carbonyl (C=O) groups is 1. The number of fused-ring (bicyclic) bond motifs is 1. The van der Waals surface area contributed by atoms with E-state index in [1.807, 2.05) is 0 Å². The van der Waals surface area contributed by atoms with Gasteiger partial charge < -0.3 is 15.1 Å². The van der Waals surface area contributed by atoms with Gasteiger partial charge in [0.25, 0.3) is 0 Å². The van der Waals surface area contributed by atoms with E-state index in [9.17, 15) is 9.90 Å². The maximum absolute atomic E-state index is 10.5. The van der Waals surface area contributed by atoms with Crippen molar-refractivity contribution in [1.29, 1.82) is 0 Å². The SMILES string of the molecule is O=C(O)C(O)c1ccc2c(c1)OOC2. The van der Waals surface area contributed by atoms with Gasteiger partial charge in [-0.15, -0.1) is 0 Å². The van der Waals surface area contributed by atoms with E-state index < -0.39 is 12.1 Å². The average Bonchev–Trinajstić information content (AvgIpc) is 2.62. The molecule has 0 amide bonds. The Labute approximate surface area is 79.4 Å². The van der Waals surface area contributed by atoms with Crippen molar-refractivity contribution < 1.29 is 24.8 Å². The molecule has 14 heavy (non-hydrogen) atoms. The van der Waals surface area contributed by atoms with Crippen molar-refractivity contribution in [3.8, 4) is 5.75 Å². The van der Waals surface area contributed by atoms with Crippen molar-refractivity contribution in [3.05, 3.63) is 29.3 Å². The van der Waals surface area contributed by atoms with E-state index in [0.29, 0.717) is 12.4 Å². The van der Waals surface area contributed by atoms with Crippen LogP contribution in [0.15, 0.2) is 18.2 Å². The fourth-order valence-corrected chi connectivity index (χ4v) is 1.24. The molecule has 0 bridgehead atoms. The third-order valence-corrected chi connectivity index (χ3v) is 2.00. The van der Waals surface area contributed by atoms with E-state index in [1.165, 1.54) is 12.1 Å². The fourth-order valence-electron chi connectivity index (χ4n) is 1.24. The lowest BCUT2D eigenvalue weighted by atomic mass is 10.1. The van der Waals surface area contributed by atoms with Gasteiger partial charge in [0.1, 0.15) is 6.61 Å². The number of aliphatic hydroxyl groups is 1. The van der Waals surface area contributed by atoms with E-state index in [-0.39, 0.29) is 5.56 Å². The molecule has 0 aromatic heterocycles. The van der Waals surface area contributed by atoms with Gasteiger partial charge in [-0.05, 0) is 11.6 Å². The predicted molar refractivity (Wildman–Crippen MR) is 44.5 cm³/mol. The molecule has 1 unspecified atom stereocenters. The Morgan fingerprint density at radius 1 is 1.50 bits per heavy atom. The maximum atomic E-state index is 10.5. The van der Waals surface area contributed by atoms with Gasteiger partial charge in [0.2, 0.25) is 0 Å². The molecule has 1 aromatic rings. The minimum absolute atomic E-state index is 0.279. The Morgan fingerprint density at radius 2 is 2.29 bits per heavy atom. The summed E-state index contributed by atoms with van der Waals surface area (Å²) in [5.41, 5.74) is 1.12. The monoisotopic (exact) mass is 196 g/mol. The van der Waals surface area contributed by atoms with Crippen LogP contribution in [0.4, 0.5) is 0 Å². The lowest BCUT2D eigenvalue weighted by molar-refractivity contribution is -0.194. The molecule has 0 saturated heterocycles. The molecule has 0 saturated carbocycles. The molecular weight excluding hydrogens is 188 g/mol. The van der Waals surface area contributed by atoms with Crippen LogP contribution >= 0.6 is 0 Å². The summed E-state index contributed by atoms with van der Waals surface area (Å²) in [6.07, 6.45) is -1.52. The van der Waals surface area contributed by atoms with Crippen LogP contribution in [-0.2, 0) is 16.3 Å². The zero-order valence-electron chi connectivity index (χ0n) is 7.14. The lowest BCUT2D eigenvalue weighted by Crippen LogP contribution is -2.10. The molecule has 1 atom stereocenters. The van der Waals surface area contributed by atoms with E-state index in [0.717, 1.165) is 5.56 Å². The van der Waals surface area contributed by atoms with Gasteiger partial charge in [-0.2, -0.15) is 4.89 Å². The summed E-state index contributed by atoms with van der Waals surface area (Å²) in [5.74, 6) is -0.827. The van der Waals surface area contributed by atoms with Crippen molar-refractivity contribution in [2.24, 2.45) is 0 Å². The number of carboxylic acids is 1. The van der Waals surface area contributed by atoms with Gasteiger partial charge in [0.05, 0.1) is 0 Å². The van der Waals surface area contributed by atoms with Gasteiger partial charge in [-0.3, -0.25) is 0 Å². The van der Waals surface area contributed by atoms with Gasteiger partial charge >= 0.3 is 5.97 Å². The third kappa shape index (κ3) is 1.43. The zero-order chi connectivity index (χ0) is 10.1. The molecule has 74 valence electrons. The predicted octanol–water partition coefficient (Wildman–Crippen LogP) is 0.629. The van der Waals surface area contributed by atoms with Crippen LogP contribution < -0.4 is 4.89 Å². The Kier molecular flexibility index (Phi) is 2.11. The topological polar surface area (TPSA) is 76.0 Å². The molecule has 5 nitrogen and oxygen atoms in total. The first-order valence-corrected chi connectivity index (χ1v) is 4.01. The van der Waals surface area contributed by atoms with E-state index >= 15 is 0 Å². The Hall–Kier alpha value is -1.59. The molecule has 1 heterocycles. The van der Waals surface area contributed by atoms with E-state index in [2.05, 4.69) is 4.89 Å². The molecule has 2 rings (SSSR count). The molecule has 1 aliphatic heterocycles. The number of hydrogen-bond donors (Lipinski definition) is 2. The number of carboxylic acid groups (broad SMARTS) is 1. The first-order chi connectivity index (χ1) is 6.68. The van der Waals surface area contributed by atoms with Crippen LogP contribution in [0.3, 0.4) is 0 Å². The minimum Gasteiger partial charge on any atom is -0.479 e. The average molecular weight is 196 g/mol. The maximum Gasteiger partial charge on any atom is 0.337 e. The second-order valence-corrected chi connectivity index (χ2v) is 2.95. The van der Waals surface area contributed by atoms with Crippen molar-refractivity contribution in [3.63, 3.8) is 0 Å². The number of hydrogen-bond acceptors (Lipinski definition) is 4. The van der Waals surface area contributed by atoms with Crippen molar-refractivity contribution in [1.82, 2.24) is 0 Å². The number of benzene rings is 1. The smallest absolute Gasteiger partial charge is 0.337 e. The summed E-state index contributed by atoms with van der Waals surface area (Å²) in [7, 11) is 0. The molecule has 0 spiro atoms. The van der Waals surface area contributed by atoms with Crippen LogP contribution in [0.5, 0.6) is 5.75 Å². The van der Waals surface area contributed by atoms with Crippen LogP contribution in [0.1, 0.15) is 17.2 Å². The highest BCUT2D eigenvalue weighted by molar-refractivity contribution is 5.74. The lowest BCUT2D eigenvalue weighted by Gasteiger charge is -2.05. The normalized spacial score (nSPS) is 15.8. The van der Waals surface area contributed by atoms with Gasteiger partial charge in [0, 0.05) is 5.56 Å². The van der Waals surface area contributed by atoms with Crippen LogP contribution in [0.2, 0.25) is 0 Å². The second-order valence-electron chi connectivity index (χ2n) is 2.95. The van der Waals surface area contributed by atoms with Crippen LogP contribution in [-0.4, -0.2) is 16.2 Å². The molecule has 0 aliphatic carbocycles. The summed E-state index contributed by atoms with van der Waals surface area (Å²) in [6, 6.07) is 4.67. The summed E-state index contributed by atoms with van der Waals surface area (Å²) in [4.78, 5) is 19.9.